The van der Waals surface area contributed by atoms with Gasteiger partial charge in [0.05, 0.1) is 36.9 Å². The minimum Gasteiger partial charge on any atom is -0.463 e. The van der Waals surface area contributed by atoms with E-state index >= 15 is 0 Å². The number of epoxide rings is 2. The molecule has 6 aromatic rings. The predicted octanol–water partition coefficient (Wildman–Crippen LogP) is 8.31. The van der Waals surface area contributed by atoms with Crippen molar-refractivity contribution in [3.63, 3.8) is 0 Å². The number of ketones is 1. The zero-order chi connectivity index (χ0) is 33.2. The Labute approximate surface area is 285 Å². The van der Waals surface area contributed by atoms with Gasteiger partial charge in [0.25, 0.3) is 0 Å². The Morgan fingerprint density at radius 2 is 1.33 bits per heavy atom. The normalized spacial score (nSPS) is 16.9. The Hall–Kier alpha value is -5.11. The highest BCUT2D eigenvalue weighted by Gasteiger charge is 2.24. The number of rotatable bonds is 15. The molecule has 0 spiro atoms. The minimum absolute atomic E-state index is 0.0690. The molecule has 0 aliphatic carbocycles. The number of anilines is 2. The van der Waals surface area contributed by atoms with Gasteiger partial charge in [-0.15, -0.1) is 0 Å². The van der Waals surface area contributed by atoms with Crippen LogP contribution in [0.4, 0.5) is 11.4 Å². The number of esters is 1. The number of hydrazone groups is 1. The molecule has 7 nitrogen and oxygen atoms in total. The first kappa shape index (κ1) is 31.2. The summed E-state index contributed by atoms with van der Waals surface area (Å²) < 4.78 is 15.7. The van der Waals surface area contributed by atoms with Crippen molar-refractivity contribution in [3.8, 4) is 0 Å². The van der Waals surface area contributed by atoms with Crippen LogP contribution in [0.15, 0.2) is 108 Å². The molecule has 2 aliphatic heterocycles. The third-order valence-electron chi connectivity index (χ3n) is 9.50. The van der Waals surface area contributed by atoms with Crippen LogP contribution in [-0.4, -0.2) is 50.0 Å². The van der Waals surface area contributed by atoms with Crippen molar-refractivity contribution < 1.29 is 23.8 Å². The summed E-state index contributed by atoms with van der Waals surface area (Å²) in [6, 6.07) is 35.9. The van der Waals surface area contributed by atoms with Gasteiger partial charge in [0.1, 0.15) is 18.5 Å². The maximum Gasteiger partial charge on any atom is 0.306 e. The summed E-state index contributed by atoms with van der Waals surface area (Å²) in [7, 11) is 0. The Morgan fingerprint density at radius 1 is 0.714 bits per heavy atom. The highest BCUT2D eigenvalue weighted by Crippen LogP contribution is 2.36. The number of Topliss-reactive ketones (excluding diaryl/α,β-unsaturated/α-hetero) is 1. The summed E-state index contributed by atoms with van der Waals surface area (Å²) in [5.41, 5.74) is 5.02. The number of carbonyl (C=O) groups excluding carboxylic acids is 2. The van der Waals surface area contributed by atoms with E-state index in [1.165, 1.54) is 26.9 Å². The number of nitrogens with zero attached hydrogens (tertiary/aromatic N) is 2. The van der Waals surface area contributed by atoms with Crippen LogP contribution in [0, 0.1) is 0 Å². The van der Waals surface area contributed by atoms with E-state index in [1.807, 2.05) is 35.5 Å². The Morgan fingerprint density at radius 3 is 2.00 bits per heavy atom. The fourth-order valence-corrected chi connectivity index (χ4v) is 6.54. The lowest BCUT2D eigenvalue weighted by Crippen LogP contribution is -2.11. The zero-order valence-electron chi connectivity index (χ0n) is 27.3. The van der Waals surface area contributed by atoms with Crippen molar-refractivity contribution in [3.05, 3.63) is 120 Å². The summed E-state index contributed by atoms with van der Waals surface area (Å²) in [6.07, 6.45) is 5.87. The Balaban J connectivity index is 1.06. The molecule has 8 rings (SSSR count). The molecule has 2 unspecified atom stereocenters. The third-order valence-corrected chi connectivity index (χ3v) is 9.50. The number of hydrogen-bond acceptors (Lipinski definition) is 7. The Bertz CT molecular complexity index is 2060. The molecule has 0 aromatic heterocycles. The van der Waals surface area contributed by atoms with Crippen LogP contribution in [0.5, 0.6) is 0 Å². The Kier molecular flexibility index (Phi) is 8.77. The molecule has 2 aliphatic rings. The van der Waals surface area contributed by atoms with Gasteiger partial charge in [-0.25, -0.2) is 5.01 Å². The standard InChI is InChI=1S/C42H38N2O5/c45-36(20-21-37-25-47-37)19-11-28-7-15-34(16-8-28)44(35-17-9-29(10-18-35)12-22-40(46)49-27-38-26-48-38)43-24-33-23-32-5-1-3-30-13-14-31-4-2-6-39(33)42(31)41(30)32/h1-10,13-18,23-24,37-38H,11-12,19-22,25-27H2. The van der Waals surface area contributed by atoms with Crippen LogP contribution >= 0.6 is 0 Å². The average Bonchev–Trinajstić information content (AvgIpc) is 4.08. The van der Waals surface area contributed by atoms with E-state index < -0.39 is 0 Å². The molecule has 0 bridgehead atoms. The zero-order valence-corrected chi connectivity index (χ0v) is 27.3. The summed E-state index contributed by atoms with van der Waals surface area (Å²) >= 11 is 0. The average molecular weight is 651 g/mol. The smallest absolute Gasteiger partial charge is 0.306 e. The van der Waals surface area contributed by atoms with E-state index in [9.17, 15) is 9.59 Å². The van der Waals surface area contributed by atoms with E-state index in [-0.39, 0.29) is 24.0 Å². The fraction of sp³-hybridized carbons (Fsp3) is 0.262. The molecule has 0 saturated carbocycles. The maximum atomic E-state index is 12.4. The van der Waals surface area contributed by atoms with Gasteiger partial charge in [-0.1, -0.05) is 72.8 Å². The largest absolute Gasteiger partial charge is 0.463 e. The third kappa shape index (κ3) is 7.33. The highest BCUT2D eigenvalue weighted by atomic mass is 16.6. The lowest BCUT2D eigenvalue weighted by molar-refractivity contribution is -0.144. The van der Waals surface area contributed by atoms with E-state index in [0.29, 0.717) is 45.3 Å². The molecule has 0 N–H and O–H groups in total. The highest BCUT2D eigenvalue weighted by molar-refractivity contribution is 6.26. The number of hydrogen-bond donors (Lipinski definition) is 0. The second kappa shape index (κ2) is 13.8. The maximum absolute atomic E-state index is 12.4. The fourth-order valence-electron chi connectivity index (χ4n) is 6.54. The molecular formula is C42H38N2O5. The van der Waals surface area contributed by atoms with Crippen LogP contribution < -0.4 is 5.01 Å². The monoisotopic (exact) mass is 650 g/mol. The van der Waals surface area contributed by atoms with Gasteiger partial charge in [-0.05, 0) is 93.0 Å². The van der Waals surface area contributed by atoms with E-state index in [2.05, 4.69) is 78.9 Å². The van der Waals surface area contributed by atoms with E-state index in [4.69, 9.17) is 19.3 Å². The molecule has 7 heteroatoms. The van der Waals surface area contributed by atoms with Gasteiger partial charge in [-0.3, -0.25) is 9.59 Å². The second-order valence-corrected chi connectivity index (χ2v) is 13.1. The van der Waals surface area contributed by atoms with Gasteiger partial charge < -0.3 is 14.2 Å². The van der Waals surface area contributed by atoms with Crippen LogP contribution in [0.3, 0.4) is 0 Å². The van der Waals surface area contributed by atoms with Crippen molar-refractivity contribution in [2.45, 2.75) is 50.7 Å². The molecule has 246 valence electrons. The SMILES string of the molecule is O=C(CCc1ccc(N(N=Cc2cc3cccc4ccc5cccc2c5c43)c2ccc(CCC(=O)OCC3CO3)cc2)cc1)CCC1CO1. The van der Waals surface area contributed by atoms with Crippen LogP contribution in [-0.2, 0) is 36.6 Å². The number of ether oxygens (including phenoxy) is 3. The summed E-state index contributed by atoms with van der Waals surface area (Å²) in [6.45, 7) is 1.79. The molecule has 0 amide bonds. The first-order valence-corrected chi connectivity index (χ1v) is 17.2. The van der Waals surface area contributed by atoms with Gasteiger partial charge in [-0.2, -0.15) is 5.10 Å². The van der Waals surface area contributed by atoms with E-state index in [1.54, 1.807) is 0 Å². The molecule has 2 saturated heterocycles. The molecule has 2 atom stereocenters. The number of carbonyl (C=O) groups is 2. The first-order valence-electron chi connectivity index (χ1n) is 17.2. The van der Waals surface area contributed by atoms with Gasteiger partial charge in [0.15, 0.2) is 0 Å². The minimum atomic E-state index is -0.211. The second-order valence-electron chi connectivity index (χ2n) is 13.1. The van der Waals surface area contributed by atoms with Gasteiger partial charge in [0.2, 0.25) is 0 Å². The predicted molar refractivity (Wildman–Crippen MR) is 194 cm³/mol. The molecule has 0 radical (unpaired) electrons. The summed E-state index contributed by atoms with van der Waals surface area (Å²) in [5, 5.41) is 14.4. The van der Waals surface area contributed by atoms with Crippen LogP contribution in [0.2, 0.25) is 0 Å². The molecule has 49 heavy (non-hydrogen) atoms. The topological polar surface area (TPSA) is 84.0 Å². The van der Waals surface area contributed by atoms with Crippen molar-refractivity contribution in [1.29, 1.82) is 0 Å². The van der Waals surface area contributed by atoms with Gasteiger partial charge >= 0.3 is 5.97 Å². The number of aryl methyl sites for hydroxylation is 2. The lowest BCUT2D eigenvalue weighted by atomic mass is 9.92. The molecule has 2 heterocycles. The van der Waals surface area contributed by atoms with Gasteiger partial charge in [0, 0.05) is 24.8 Å². The van der Waals surface area contributed by atoms with Crippen molar-refractivity contribution in [2.24, 2.45) is 5.10 Å². The summed E-state index contributed by atoms with van der Waals surface area (Å²) in [5.74, 6) is 0.0710. The van der Waals surface area contributed by atoms with E-state index in [0.717, 1.165) is 46.5 Å². The molecule has 2 fully saturated rings. The summed E-state index contributed by atoms with van der Waals surface area (Å²) in [4.78, 5) is 24.6. The van der Waals surface area contributed by atoms with Crippen molar-refractivity contribution in [2.75, 3.05) is 24.8 Å². The van der Waals surface area contributed by atoms with Crippen molar-refractivity contribution in [1.82, 2.24) is 0 Å². The molecule has 6 aromatic carbocycles. The van der Waals surface area contributed by atoms with Crippen molar-refractivity contribution >= 4 is 61.7 Å². The molecular weight excluding hydrogens is 612 g/mol. The van der Waals surface area contributed by atoms with Crippen LogP contribution in [0.1, 0.15) is 42.4 Å². The first-order chi connectivity index (χ1) is 24.1. The lowest BCUT2D eigenvalue weighted by Gasteiger charge is -2.20. The van der Waals surface area contributed by atoms with Crippen LogP contribution in [0.25, 0.3) is 32.3 Å². The number of benzene rings is 6. The quantitative estimate of drug-likeness (QED) is 0.0366.